The molecule has 0 bridgehead atoms. The fourth-order valence-corrected chi connectivity index (χ4v) is 3.61. The van der Waals surface area contributed by atoms with Crippen molar-refractivity contribution >= 4 is 11.9 Å². The summed E-state index contributed by atoms with van der Waals surface area (Å²) in [6, 6.07) is 0. The van der Waals surface area contributed by atoms with Gasteiger partial charge in [-0.3, -0.25) is 9.59 Å². The average molecular weight is 441 g/mol. The van der Waals surface area contributed by atoms with E-state index in [2.05, 4.69) is 41.5 Å². The summed E-state index contributed by atoms with van der Waals surface area (Å²) in [7, 11) is 0. The smallest absolute Gasteiger partial charge is 0.310 e. The number of ether oxygens (including phenoxy) is 2. The largest absolute Gasteiger partial charge is 0.459 e. The van der Waals surface area contributed by atoms with E-state index in [4.69, 9.17) is 9.47 Å². The molecule has 0 aromatic rings. The van der Waals surface area contributed by atoms with E-state index in [-0.39, 0.29) is 29.2 Å². The summed E-state index contributed by atoms with van der Waals surface area (Å²) >= 11 is 0. The number of carbonyl (C=O) groups is 2. The minimum atomic E-state index is -0.605. The highest BCUT2D eigenvalue weighted by Crippen LogP contribution is 2.35. The van der Waals surface area contributed by atoms with Gasteiger partial charge in [-0.05, 0) is 64.7 Å². The second kappa shape index (κ2) is 12.8. The maximum absolute atomic E-state index is 13.1. The summed E-state index contributed by atoms with van der Waals surface area (Å²) in [6.07, 6.45) is 7.41. The highest BCUT2D eigenvalue weighted by atomic mass is 16.6. The Morgan fingerprint density at radius 3 is 1.68 bits per heavy atom. The van der Waals surface area contributed by atoms with Crippen LogP contribution in [0.5, 0.6) is 0 Å². The molecule has 0 fully saturated rings. The number of esters is 2. The molecule has 0 aliphatic rings. The van der Waals surface area contributed by atoms with Crippen molar-refractivity contribution in [3.05, 3.63) is 0 Å². The molecule has 0 aromatic carbocycles. The Labute approximate surface area is 193 Å². The van der Waals surface area contributed by atoms with Gasteiger partial charge >= 0.3 is 11.9 Å². The maximum atomic E-state index is 13.1. The number of hydrogen-bond acceptors (Lipinski definition) is 4. The van der Waals surface area contributed by atoms with Crippen molar-refractivity contribution in [2.75, 3.05) is 0 Å². The number of rotatable bonds is 14. The molecule has 0 saturated carbocycles. The molecule has 3 unspecified atom stereocenters. The van der Waals surface area contributed by atoms with Crippen molar-refractivity contribution in [3.8, 4) is 0 Å². The van der Waals surface area contributed by atoms with Gasteiger partial charge < -0.3 is 9.47 Å². The van der Waals surface area contributed by atoms with Crippen molar-refractivity contribution < 1.29 is 19.1 Å². The van der Waals surface area contributed by atoms with Crippen LogP contribution in [0.15, 0.2) is 0 Å². The van der Waals surface area contributed by atoms with E-state index in [1.54, 1.807) is 0 Å². The molecule has 0 spiro atoms. The van der Waals surface area contributed by atoms with E-state index in [0.717, 1.165) is 38.5 Å². The van der Waals surface area contributed by atoms with Crippen LogP contribution in [0.2, 0.25) is 0 Å². The quantitative estimate of drug-likeness (QED) is 0.205. The molecule has 0 aromatic heterocycles. The van der Waals surface area contributed by atoms with Crippen LogP contribution in [-0.4, -0.2) is 23.1 Å². The first kappa shape index (κ1) is 29.9. The van der Waals surface area contributed by atoms with Gasteiger partial charge in [-0.1, -0.05) is 74.1 Å². The van der Waals surface area contributed by atoms with Gasteiger partial charge in [0.05, 0.1) is 11.8 Å². The molecule has 3 atom stereocenters. The lowest BCUT2D eigenvalue weighted by atomic mass is 9.75. The zero-order chi connectivity index (χ0) is 24.5. The molecular formula is C27H52O4. The third kappa shape index (κ3) is 12.5. The van der Waals surface area contributed by atoms with Crippen molar-refractivity contribution in [1.29, 1.82) is 0 Å². The summed E-state index contributed by atoms with van der Waals surface area (Å²) < 4.78 is 11.8. The highest BCUT2D eigenvalue weighted by molar-refractivity contribution is 5.74. The molecule has 31 heavy (non-hydrogen) atoms. The number of hydrogen-bond donors (Lipinski definition) is 0. The van der Waals surface area contributed by atoms with E-state index in [0.29, 0.717) is 18.8 Å². The summed E-state index contributed by atoms with van der Waals surface area (Å²) in [5.74, 6) is 0.0354. The molecule has 0 aliphatic heterocycles. The third-order valence-electron chi connectivity index (χ3n) is 6.39. The van der Waals surface area contributed by atoms with Gasteiger partial charge in [0.1, 0.15) is 11.2 Å². The minimum absolute atomic E-state index is 0.0789. The van der Waals surface area contributed by atoms with E-state index in [1.807, 2.05) is 34.6 Å². The van der Waals surface area contributed by atoms with E-state index in [1.165, 1.54) is 0 Å². The Morgan fingerprint density at radius 1 is 0.774 bits per heavy atom. The number of unbranched alkanes of at least 4 members (excludes halogenated alkanes) is 2. The van der Waals surface area contributed by atoms with Gasteiger partial charge in [-0.25, -0.2) is 0 Å². The second-order valence-corrected chi connectivity index (χ2v) is 11.9. The van der Waals surface area contributed by atoms with Crippen LogP contribution in [0.1, 0.15) is 128 Å². The Kier molecular flexibility index (Phi) is 12.4. The minimum Gasteiger partial charge on any atom is -0.459 e. The lowest BCUT2D eigenvalue weighted by molar-refractivity contribution is -0.172. The lowest BCUT2D eigenvalue weighted by Crippen LogP contribution is -2.39. The molecule has 0 N–H and O–H groups in total. The fraction of sp³-hybridized carbons (Fsp3) is 0.926. The predicted molar refractivity (Wildman–Crippen MR) is 130 cm³/mol. The second-order valence-electron chi connectivity index (χ2n) is 11.9. The Balaban J connectivity index is 4.88. The van der Waals surface area contributed by atoms with E-state index >= 15 is 0 Å². The van der Waals surface area contributed by atoms with Crippen LogP contribution in [0.4, 0.5) is 0 Å². The average Bonchev–Trinajstić information content (AvgIpc) is 2.62. The zero-order valence-electron chi connectivity index (χ0n) is 22.5. The van der Waals surface area contributed by atoms with Crippen molar-refractivity contribution in [2.24, 2.45) is 23.2 Å². The first-order valence-electron chi connectivity index (χ1n) is 12.5. The molecule has 0 heterocycles. The van der Waals surface area contributed by atoms with Gasteiger partial charge in [0, 0.05) is 0 Å². The van der Waals surface area contributed by atoms with Gasteiger partial charge in [0.25, 0.3) is 0 Å². The Hall–Kier alpha value is -1.06. The monoisotopic (exact) mass is 440 g/mol. The molecule has 184 valence electrons. The Bertz CT molecular complexity index is 542. The van der Waals surface area contributed by atoms with Crippen molar-refractivity contribution in [2.45, 2.75) is 139 Å². The first-order chi connectivity index (χ1) is 14.0. The van der Waals surface area contributed by atoms with Gasteiger partial charge in [-0.15, -0.1) is 0 Å². The summed E-state index contributed by atoms with van der Waals surface area (Å²) in [6.45, 7) is 22.6. The zero-order valence-corrected chi connectivity index (χ0v) is 22.5. The standard InChI is InChI=1S/C27H52O4/c1-12-14-15-16-21(4)23(28)30-26(8,9)17-18-27(10,11)31-24(29)22(25(5,6)7)19-20(3)13-2/h20-22H,12-19H2,1-11H3. The summed E-state index contributed by atoms with van der Waals surface area (Å²) in [5, 5.41) is 0. The third-order valence-corrected chi connectivity index (χ3v) is 6.39. The summed E-state index contributed by atoms with van der Waals surface area (Å²) in [5.41, 5.74) is -1.33. The molecule has 0 aliphatic carbocycles. The van der Waals surface area contributed by atoms with Crippen LogP contribution in [0, 0.1) is 23.2 Å². The van der Waals surface area contributed by atoms with Crippen LogP contribution in [0.25, 0.3) is 0 Å². The Morgan fingerprint density at radius 2 is 1.26 bits per heavy atom. The molecular weight excluding hydrogens is 388 g/mol. The van der Waals surface area contributed by atoms with Crippen LogP contribution in [0.3, 0.4) is 0 Å². The van der Waals surface area contributed by atoms with Gasteiger partial charge in [0.2, 0.25) is 0 Å². The lowest BCUT2D eigenvalue weighted by Gasteiger charge is -2.36. The van der Waals surface area contributed by atoms with E-state index in [9.17, 15) is 9.59 Å². The highest BCUT2D eigenvalue weighted by Gasteiger charge is 2.37. The van der Waals surface area contributed by atoms with Gasteiger partial charge in [0.15, 0.2) is 0 Å². The molecule has 0 rings (SSSR count). The molecule has 0 radical (unpaired) electrons. The molecule has 0 saturated heterocycles. The van der Waals surface area contributed by atoms with Crippen molar-refractivity contribution in [1.82, 2.24) is 0 Å². The number of carbonyl (C=O) groups excluding carboxylic acids is 2. The first-order valence-corrected chi connectivity index (χ1v) is 12.5. The molecule has 4 nitrogen and oxygen atoms in total. The fourth-order valence-electron chi connectivity index (χ4n) is 3.61. The summed E-state index contributed by atoms with van der Waals surface area (Å²) in [4.78, 5) is 25.5. The van der Waals surface area contributed by atoms with Crippen LogP contribution >= 0.6 is 0 Å². The van der Waals surface area contributed by atoms with Gasteiger partial charge in [-0.2, -0.15) is 0 Å². The molecule has 4 heteroatoms. The normalized spacial score (nSPS) is 15.8. The maximum Gasteiger partial charge on any atom is 0.310 e. The van der Waals surface area contributed by atoms with E-state index < -0.39 is 11.2 Å². The topological polar surface area (TPSA) is 52.6 Å². The SMILES string of the molecule is CCCCCC(C)C(=O)OC(C)(C)CCC(C)(C)OC(=O)C(CC(C)CC)C(C)(C)C. The van der Waals surface area contributed by atoms with Crippen molar-refractivity contribution in [3.63, 3.8) is 0 Å². The molecule has 0 amide bonds. The van der Waals surface area contributed by atoms with Crippen LogP contribution < -0.4 is 0 Å². The predicted octanol–water partition coefficient (Wildman–Crippen LogP) is 7.73. The van der Waals surface area contributed by atoms with Crippen LogP contribution in [-0.2, 0) is 19.1 Å².